The number of hydrogen-bond donors (Lipinski definition) is 3. The fraction of sp³-hybridized carbons (Fsp3) is 0.400. The van der Waals surface area contributed by atoms with Gasteiger partial charge in [-0.05, 0) is 44.0 Å². The monoisotopic (exact) mass is 429 g/mol. The van der Waals surface area contributed by atoms with Gasteiger partial charge in [0, 0.05) is 30.3 Å². The Morgan fingerprint density at radius 2 is 1.73 bits per heavy atom. The van der Waals surface area contributed by atoms with E-state index in [0.717, 1.165) is 31.1 Å². The van der Waals surface area contributed by atoms with E-state index in [-0.39, 0.29) is 11.8 Å². The summed E-state index contributed by atoms with van der Waals surface area (Å²) in [5.41, 5.74) is 6.49. The van der Waals surface area contributed by atoms with Gasteiger partial charge in [0.1, 0.15) is 4.88 Å². The van der Waals surface area contributed by atoms with Gasteiger partial charge in [0.15, 0.2) is 5.13 Å². The molecule has 0 atom stereocenters. The maximum Gasteiger partial charge on any atom is 0.281 e. The normalized spacial score (nSPS) is 16.1. The van der Waals surface area contributed by atoms with Gasteiger partial charge >= 0.3 is 0 Å². The van der Waals surface area contributed by atoms with Crippen LogP contribution in [0, 0.1) is 12.8 Å². The summed E-state index contributed by atoms with van der Waals surface area (Å²) in [6, 6.07) is 6.52. The molecule has 1 aromatic carbocycles. The van der Waals surface area contributed by atoms with Gasteiger partial charge in [0.25, 0.3) is 11.8 Å². The number of hydrogen-bond acceptors (Lipinski definition) is 7. The van der Waals surface area contributed by atoms with E-state index in [1.54, 1.807) is 31.2 Å². The van der Waals surface area contributed by atoms with Gasteiger partial charge in [-0.25, -0.2) is 4.98 Å². The minimum absolute atomic E-state index is 0.0100. The van der Waals surface area contributed by atoms with Crippen molar-refractivity contribution in [3.63, 3.8) is 0 Å². The zero-order valence-electron chi connectivity index (χ0n) is 16.6. The van der Waals surface area contributed by atoms with E-state index >= 15 is 0 Å². The number of rotatable bonds is 5. The van der Waals surface area contributed by atoms with Crippen LogP contribution in [0.15, 0.2) is 24.3 Å². The van der Waals surface area contributed by atoms with Gasteiger partial charge in [-0.15, -0.1) is 0 Å². The van der Waals surface area contributed by atoms with Gasteiger partial charge in [0.2, 0.25) is 5.91 Å². The van der Waals surface area contributed by atoms with Crippen molar-refractivity contribution in [1.29, 1.82) is 0 Å². The molecular weight excluding hydrogens is 406 g/mol. The Labute approximate surface area is 177 Å². The van der Waals surface area contributed by atoms with Crippen LogP contribution in [0.3, 0.4) is 0 Å². The average molecular weight is 430 g/mol. The third kappa shape index (κ3) is 4.77. The minimum Gasteiger partial charge on any atom is -0.378 e. The van der Waals surface area contributed by atoms with Crippen molar-refractivity contribution in [2.75, 3.05) is 36.5 Å². The topological polar surface area (TPSA) is 113 Å². The van der Waals surface area contributed by atoms with Crippen molar-refractivity contribution in [3.8, 4) is 0 Å². The Morgan fingerprint density at radius 1 is 1.07 bits per heavy atom. The molecule has 0 unspecified atom stereocenters. The molecular formula is C20H23N5O4S. The molecule has 158 valence electrons. The van der Waals surface area contributed by atoms with Crippen LogP contribution in [-0.2, 0) is 9.53 Å². The maximum atomic E-state index is 12.5. The third-order valence-corrected chi connectivity index (χ3v) is 6.14. The van der Waals surface area contributed by atoms with Crippen LogP contribution < -0.4 is 21.1 Å². The van der Waals surface area contributed by atoms with E-state index in [2.05, 4.69) is 26.1 Å². The van der Waals surface area contributed by atoms with Gasteiger partial charge in [-0.1, -0.05) is 11.3 Å². The van der Waals surface area contributed by atoms with Crippen LogP contribution in [0.1, 0.15) is 38.6 Å². The smallest absolute Gasteiger partial charge is 0.281 e. The molecule has 10 heteroatoms. The van der Waals surface area contributed by atoms with E-state index in [9.17, 15) is 14.4 Å². The van der Waals surface area contributed by atoms with Crippen LogP contribution in [0.5, 0.6) is 0 Å². The number of amides is 3. The SMILES string of the molecule is Cc1nc(N2CCOCC2)sc1C(=O)NNC(=O)c1ccc(NC(=O)C2CC2)cc1. The molecule has 2 aliphatic rings. The number of anilines is 2. The average Bonchev–Trinajstić information content (AvgIpc) is 3.55. The van der Waals surface area contributed by atoms with Gasteiger partial charge < -0.3 is 15.0 Å². The number of carbonyl (C=O) groups excluding carboxylic acids is 3. The first kappa shape index (κ1) is 20.3. The largest absolute Gasteiger partial charge is 0.378 e. The summed E-state index contributed by atoms with van der Waals surface area (Å²) in [5.74, 6) is -0.733. The standard InChI is InChI=1S/C20H23N5O4S/c1-12-16(30-20(21-12)25-8-10-29-11-9-25)19(28)24-23-18(27)14-4-6-15(7-5-14)22-17(26)13-2-3-13/h4-7,13H,2-3,8-11H2,1H3,(H,22,26)(H,23,27)(H,24,28). The summed E-state index contributed by atoms with van der Waals surface area (Å²) in [6.45, 7) is 4.52. The van der Waals surface area contributed by atoms with Gasteiger partial charge in [0.05, 0.1) is 18.9 Å². The zero-order valence-corrected chi connectivity index (χ0v) is 17.4. The predicted molar refractivity (Wildman–Crippen MR) is 113 cm³/mol. The Balaban J connectivity index is 1.31. The summed E-state index contributed by atoms with van der Waals surface area (Å²) in [7, 11) is 0. The van der Waals surface area contributed by atoms with Crippen LogP contribution in [0.4, 0.5) is 10.8 Å². The zero-order chi connectivity index (χ0) is 21.1. The quantitative estimate of drug-likeness (QED) is 0.624. The van der Waals surface area contributed by atoms with E-state index in [0.29, 0.717) is 35.0 Å². The van der Waals surface area contributed by atoms with Crippen molar-refractivity contribution >= 4 is 39.9 Å². The first-order valence-corrected chi connectivity index (χ1v) is 10.6. The maximum absolute atomic E-state index is 12.5. The molecule has 1 saturated carbocycles. The Bertz CT molecular complexity index is 949. The number of morpholine rings is 1. The molecule has 3 N–H and O–H groups in total. The molecule has 0 radical (unpaired) electrons. The third-order valence-electron chi connectivity index (χ3n) is 4.93. The molecule has 9 nitrogen and oxygen atoms in total. The van der Waals surface area contributed by atoms with Crippen molar-refractivity contribution in [2.24, 2.45) is 5.92 Å². The molecule has 1 aliphatic heterocycles. The Kier molecular flexibility index (Phi) is 5.96. The summed E-state index contributed by atoms with van der Waals surface area (Å²) >= 11 is 1.29. The molecule has 2 heterocycles. The van der Waals surface area contributed by atoms with Crippen molar-refractivity contribution < 1.29 is 19.1 Å². The van der Waals surface area contributed by atoms with E-state index < -0.39 is 11.8 Å². The van der Waals surface area contributed by atoms with E-state index in [1.165, 1.54) is 11.3 Å². The molecule has 0 spiro atoms. The fourth-order valence-corrected chi connectivity index (χ4v) is 4.03. The van der Waals surface area contributed by atoms with Crippen LogP contribution in [0.25, 0.3) is 0 Å². The van der Waals surface area contributed by atoms with Crippen LogP contribution >= 0.6 is 11.3 Å². The first-order chi connectivity index (χ1) is 14.5. The molecule has 0 bridgehead atoms. The summed E-state index contributed by atoms with van der Waals surface area (Å²) in [5, 5.41) is 3.59. The number of thiazole rings is 1. The van der Waals surface area contributed by atoms with Crippen molar-refractivity contribution in [1.82, 2.24) is 15.8 Å². The minimum atomic E-state index is -0.445. The number of nitrogens with one attached hydrogen (secondary N) is 3. The Hall–Kier alpha value is -2.98. The lowest BCUT2D eigenvalue weighted by molar-refractivity contribution is -0.117. The molecule has 4 rings (SSSR count). The summed E-state index contributed by atoms with van der Waals surface area (Å²) in [6.07, 6.45) is 1.86. The number of aromatic nitrogens is 1. The summed E-state index contributed by atoms with van der Waals surface area (Å²) < 4.78 is 5.34. The predicted octanol–water partition coefficient (Wildman–Crippen LogP) is 1.71. The summed E-state index contributed by atoms with van der Waals surface area (Å²) in [4.78, 5) is 43.6. The second-order valence-electron chi connectivity index (χ2n) is 7.26. The van der Waals surface area contributed by atoms with Crippen molar-refractivity contribution in [2.45, 2.75) is 19.8 Å². The number of nitrogens with zero attached hydrogens (tertiary/aromatic N) is 2. The second-order valence-corrected chi connectivity index (χ2v) is 8.24. The molecule has 3 amide bonds. The molecule has 2 aromatic rings. The molecule has 1 aromatic heterocycles. The highest BCUT2D eigenvalue weighted by molar-refractivity contribution is 7.17. The fourth-order valence-electron chi connectivity index (χ4n) is 3.02. The highest BCUT2D eigenvalue weighted by Crippen LogP contribution is 2.30. The second kappa shape index (κ2) is 8.80. The molecule has 1 aliphatic carbocycles. The van der Waals surface area contributed by atoms with E-state index in [4.69, 9.17) is 4.74 Å². The highest BCUT2D eigenvalue weighted by Gasteiger charge is 2.29. The van der Waals surface area contributed by atoms with Crippen LogP contribution in [0.2, 0.25) is 0 Å². The Morgan fingerprint density at radius 3 is 2.40 bits per heavy atom. The lowest BCUT2D eigenvalue weighted by atomic mass is 10.2. The first-order valence-electron chi connectivity index (χ1n) is 9.83. The molecule has 2 fully saturated rings. The van der Waals surface area contributed by atoms with Crippen molar-refractivity contribution in [3.05, 3.63) is 40.4 Å². The number of ether oxygens (including phenoxy) is 1. The highest BCUT2D eigenvalue weighted by atomic mass is 32.1. The lowest BCUT2D eigenvalue weighted by Gasteiger charge is -2.25. The number of benzene rings is 1. The molecule has 1 saturated heterocycles. The van der Waals surface area contributed by atoms with Gasteiger partial charge in [-0.2, -0.15) is 0 Å². The van der Waals surface area contributed by atoms with Crippen LogP contribution in [-0.4, -0.2) is 49.0 Å². The lowest BCUT2D eigenvalue weighted by Crippen LogP contribution is -2.41. The number of hydrazine groups is 1. The number of aryl methyl sites for hydroxylation is 1. The molecule has 30 heavy (non-hydrogen) atoms. The van der Waals surface area contributed by atoms with E-state index in [1.807, 2.05) is 0 Å². The van der Waals surface area contributed by atoms with Gasteiger partial charge in [-0.3, -0.25) is 25.2 Å². The number of carbonyl (C=O) groups is 3.